The van der Waals surface area contributed by atoms with Crippen LogP contribution in [-0.2, 0) is 24.6 Å². The molecule has 0 spiro atoms. The quantitative estimate of drug-likeness (QED) is 0.354. The fourth-order valence-electron chi connectivity index (χ4n) is 5.69. The summed E-state index contributed by atoms with van der Waals surface area (Å²) in [6.07, 6.45) is 3.07. The standard InChI is InChI=1S/C32H51N5O4/c1-20(2)24(19-21(3)29(40)37-18-14-17-23(37)27(33)38)36(10)30(41)26(31(4,5)6)35-28(39)25(34-9)32(7,8)22-15-12-11-13-16-22/h11-13,15-16,19-20,23-26,34H,14,17-18H2,1-10H3,(H2,33,38)(H,35,39)/b21-19+/t23?,24-,25-,26?/m1/s1. The van der Waals surface area contributed by atoms with Crippen molar-refractivity contribution in [3.63, 3.8) is 0 Å². The van der Waals surface area contributed by atoms with Crippen molar-refractivity contribution in [1.29, 1.82) is 0 Å². The molecule has 1 heterocycles. The Balaban J connectivity index is 2.33. The van der Waals surface area contributed by atoms with E-state index in [0.717, 1.165) is 12.0 Å². The average molecular weight is 570 g/mol. The zero-order chi connectivity index (χ0) is 31.3. The van der Waals surface area contributed by atoms with Crippen molar-refractivity contribution in [1.82, 2.24) is 20.4 Å². The minimum absolute atomic E-state index is 0.0180. The summed E-state index contributed by atoms with van der Waals surface area (Å²) in [7, 11) is 3.45. The van der Waals surface area contributed by atoms with Gasteiger partial charge >= 0.3 is 0 Å². The van der Waals surface area contributed by atoms with E-state index in [1.165, 1.54) is 4.90 Å². The molecule has 9 nitrogen and oxygen atoms in total. The normalized spacial score (nSPS) is 18.6. The van der Waals surface area contributed by atoms with E-state index in [-0.39, 0.29) is 23.6 Å². The third-order valence-electron chi connectivity index (χ3n) is 8.27. The largest absolute Gasteiger partial charge is 0.368 e. The van der Waals surface area contributed by atoms with E-state index in [1.54, 1.807) is 32.0 Å². The minimum Gasteiger partial charge on any atom is -0.368 e. The number of nitrogens with two attached hydrogens (primary N) is 1. The highest BCUT2D eigenvalue weighted by atomic mass is 16.2. The summed E-state index contributed by atoms with van der Waals surface area (Å²) in [5.74, 6) is -1.29. The van der Waals surface area contributed by atoms with Crippen LogP contribution in [0.15, 0.2) is 42.0 Å². The van der Waals surface area contributed by atoms with Gasteiger partial charge in [-0.2, -0.15) is 0 Å². The third kappa shape index (κ3) is 7.97. The molecule has 0 radical (unpaired) electrons. The molecule has 41 heavy (non-hydrogen) atoms. The second-order valence-electron chi connectivity index (χ2n) is 13.2. The fraction of sp³-hybridized carbons (Fsp3) is 0.625. The molecule has 228 valence electrons. The summed E-state index contributed by atoms with van der Waals surface area (Å²) in [5.41, 5.74) is 5.85. The maximum Gasteiger partial charge on any atom is 0.249 e. The van der Waals surface area contributed by atoms with E-state index in [0.29, 0.717) is 18.5 Å². The van der Waals surface area contributed by atoms with Crippen LogP contribution >= 0.6 is 0 Å². The zero-order valence-electron chi connectivity index (χ0n) is 26.6. The van der Waals surface area contributed by atoms with Crippen molar-refractivity contribution in [2.75, 3.05) is 20.6 Å². The number of hydrogen-bond acceptors (Lipinski definition) is 5. The van der Waals surface area contributed by atoms with Gasteiger partial charge in [0.2, 0.25) is 23.6 Å². The number of primary amides is 1. The van der Waals surface area contributed by atoms with Crippen LogP contribution in [0, 0.1) is 11.3 Å². The van der Waals surface area contributed by atoms with Gasteiger partial charge in [0.05, 0.1) is 12.1 Å². The molecule has 9 heteroatoms. The Hall–Kier alpha value is -3.20. The highest BCUT2D eigenvalue weighted by Crippen LogP contribution is 2.29. The molecular weight excluding hydrogens is 518 g/mol. The van der Waals surface area contributed by atoms with Crippen LogP contribution in [0.3, 0.4) is 0 Å². The predicted octanol–water partition coefficient (Wildman–Crippen LogP) is 2.99. The number of amides is 4. The second kappa shape index (κ2) is 13.6. The van der Waals surface area contributed by atoms with Gasteiger partial charge in [-0.1, -0.05) is 84.9 Å². The lowest BCUT2D eigenvalue weighted by Gasteiger charge is -2.40. The zero-order valence-corrected chi connectivity index (χ0v) is 26.6. The smallest absolute Gasteiger partial charge is 0.249 e. The Kier molecular flexibility index (Phi) is 11.3. The lowest BCUT2D eigenvalue weighted by atomic mass is 9.76. The van der Waals surface area contributed by atoms with Gasteiger partial charge in [0.15, 0.2) is 0 Å². The van der Waals surface area contributed by atoms with Crippen LogP contribution in [0.4, 0.5) is 0 Å². The molecule has 1 aliphatic rings. The number of likely N-dealkylation sites (tertiary alicyclic amines) is 1. The molecule has 0 saturated carbocycles. The Bertz CT molecular complexity index is 1120. The van der Waals surface area contributed by atoms with Gasteiger partial charge < -0.3 is 26.2 Å². The number of hydrogen-bond donors (Lipinski definition) is 3. The number of carbonyl (C=O) groups is 4. The Labute approximate surface area is 246 Å². The number of rotatable bonds is 11. The molecule has 2 rings (SSSR count). The summed E-state index contributed by atoms with van der Waals surface area (Å²) < 4.78 is 0. The number of nitrogens with one attached hydrogen (secondary N) is 2. The van der Waals surface area contributed by atoms with Gasteiger partial charge in [0.1, 0.15) is 12.1 Å². The van der Waals surface area contributed by atoms with Crippen LogP contribution in [0.25, 0.3) is 0 Å². The predicted molar refractivity (Wildman–Crippen MR) is 163 cm³/mol. The first-order valence-corrected chi connectivity index (χ1v) is 14.5. The molecule has 4 atom stereocenters. The lowest BCUT2D eigenvalue weighted by molar-refractivity contribution is -0.141. The molecule has 4 amide bonds. The molecular formula is C32H51N5O4. The fourth-order valence-corrected chi connectivity index (χ4v) is 5.69. The Morgan fingerprint density at radius 3 is 2.12 bits per heavy atom. The Morgan fingerprint density at radius 2 is 1.63 bits per heavy atom. The van der Waals surface area contributed by atoms with E-state index in [9.17, 15) is 19.2 Å². The topological polar surface area (TPSA) is 125 Å². The number of carbonyl (C=O) groups excluding carboxylic acids is 4. The van der Waals surface area contributed by atoms with Crippen LogP contribution in [0.5, 0.6) is 0 Å². The van der Waals surface area contributed by atoms with Gasteiger partial charge in [-0.15, -0.1) is 0 Å². The maximum absolute atomic E-state index is 14.1. The first-order chi connectivity index (χ1) is 18.9. The maximum atomic E-state index is 14.1. The van der Waals surface area contributed by atoms with Gasteiger partial charge in [-0.05, 0) is 43.7 Å². The first kappa shape index (κ1) is 34.0. The van der Waals surface area contributed by atoms with Crippen LogP contribution in [0.2, 0.25) is 0 Å². The molecule has 1 fully saturated rings. The highest BCUT2D eigenvalue weighted by Gasteiger charge is 2.42. The van der Waals surface area contributed by atoms with E-state index >= 15 is 0 Å². The van der Waals surface area contributed by atoms with Crippen molar-refractivity contribution in [3.8, 4) is 0 Å². The van der Waals surface area contributed by atoms with E-state index < -0.39 is 40.9 Å². The SMILES string of the molecule is CN[C@H](C(=O)NC(C(=O)N(C)[C@H](/C=C(\C)C(=O)N1CCCC1C(N)=O)C(C)C)C(C)(C)C)C(C)(C)c1ccccc1. The third-order valence-corrected chi connectivity index (χ3v) is 8.27. The monoisotopic (exact) mass is 569 g/mol. The van der Waals surface area contributed by atoms with Crippen LogP contribution < -0.4 is 16.4 Å². The summed E-state index contributed by atoms with van der Waals surface area (Å²) in [6, 6.07) is 7.40. The minimum atomic E-state index is -0.814. The van der Waals surface area contributed by atoms with Gasteiger partial charge in [-0.3, -0.25) is 19.2 Å². The van der Waals surface area contributed by atoms with Crippen molar-refractivity contribution < 1.29 is 19.2 Å². The van der Waals surface area contributed by atoms with Crippen molar-refractivity contribution >= 4 is 23.6 Å². The lowest BCUT2D eigenvalue weighted by Crippen LogP contribution is -2.61. The molecule has 1 aromatic rings. The number of nitrogens with zero attached hydrogens (tertiary/aromatic N) is 2. The van der Waals surface area contributed by atoms with Crippen molar-refractivity contribution in [2.45, 2.75) is 97.8 Å². The van der Waals surface area contributed by atoms with E-state index in [2.05, 4.69) is 10.6 Å². The summed E-state index contributed by atoms with van der Waals surface area (Å²) >= 11 is 0. The van der Waals surface area contributed by atoms with Crippen LogP contribution in [-0.4, -0.2) is 78.2 Å². The average Bonchev–Trinajstić information content (AvgIpc) is 3.39. The molecule has 4 N–H and O–H groups in total. The summed E-state index contributed by atoms with van der Waals surface area (Å²) in [5, 5.41) is 6.22. The van der Waals surface area contributed by atoms with E-state index in [4.69, 9.17) is 5.73 Å². The van der Waals surface area contributed by atoms with Crippen molar-refractivity contribution in [2.24, 2.45) is 17.1 Å². The molecule has 0 aliphatic carbocycles. The molecule has 0 aromatic heterocycles. The Morgan fingerprint density at radius 1 is 1.05 bits per heavy atom. The molecule has 2 unspecified atom stereocenters. The molecule has 1 aromatic carbocycles. The van der Waals surface area contributed by atoms with Gasteiger partial charge in [0.25, 0.3) is 0 Å². The highest BCUT2D eigenvalue weighted by molar-refractivity contribution is 5.97. The molecule has 0 bridgehead atoms. The first-order valence-electron chi connectivity index (χ1n) is 14.5. The summed E-state index contributed by atoms with van der Waals surface area (Å²) in [6.45, 7) is 15.9. The van der Waals surface area contributed by atoms with Gasteiger partial charge in [0, 0.05) is 24.6 Å². The molecule has 1 aliphatic heterocycles. The molecule has 1 saturated heterocycles. The van der Waals surface area contributed by atoms with Crippen LogP contribution in [0.1, 0.15) is 73.8 Å². The number of benzene rings is 1. The van der Waals surface area contributed by atoms with E-state index in [1.807, 2.05) is 78.8 Å². The van der Waals surface area contributed by atoms with Gasteiger partial charge in [-0.25, -0.2) is 0 Å². The second-order valence-corrected chi connectivity index (χ2v) is 13.2. The van der Waals surface area contributed by atoms with Crippen molar-refractivity contribution in [3.05, 3.63) is 47.5 Å². The number of likely N-dealkylation sites (N-methyl/N-ethyl adjacent to an activating group) is 2. The summed E-state index contributed by atoms with van der Waals surface area (Å²) in [4.78, 5) is 56.0.